The standard InChI is InChI=1S/C15H14BrF2N/c1-10(11-2-5-14(17)6-3-11)19-9-12-8-13(16)4-7-15(12)18/h2-8,10,19H,9H2,1H3/t10-/m1/s1. The number of rotatable bonds is 4. The normalized spacial score (nSPS) is 12.4. The molecule has 0 saturated carbocycles. The molecule has 0 aliphatic carbocycles. The maximum absolute atomic E-state index is 13.6. The van der Waals surface area contributed by atoms with Gasteiger partial charge < -0.3 is 5.32 Å². The van der Waals surface area contributed by atoms with Gasteiger partial charge in [-0.2, -0.15) is 0 Å². The molecule has 0 heterocycles. The first-order valence-corrected chi connectivity index (χ1v) is 6.78. The van der Waals surface area contributed by atoms with E-state index in [0.29, 0.717) is 12.1 Å². The van der Waals surface area contributed by atoms with Gasteiger partial charge in [0, 0.05) is 22.6 Å². The van der Waals surface area contributed by atoms with Crippen molar-refractivity contribution in [2.45, 2.75) is 19.5 Å². The Labute approximate surface area is 119 Å². The quantitative estimate of drug-likeness (QED) is 0.867. The molecule has 0 aliphatic heterocycles. The van der Waals surface area contributed by atoms with E-state index in [0.717, 1.165) is 10.0 Å². The van der Waals surface area contributed by atoms with Crippen LogP contribution < -0.4 is 5.32 Å². The number of hydrogen-bond donors (Lipinski definition) is 1. The van der Waals surface area contributed by atoms with E-state index >= 15 is 0 Å². The number of halogens is 3. The van der Waals surface area contributed by atoms with Crippen LogP contribution in [-0.4, -0.2) is 0 Å². The molecule has 2 rings (SSSR count). The predicted octanol–water partition coefficient (Wildman–Crippen LogP) is 4.58. The zero-order valence-electron chi connectivity index (χ0n) is 10.5. The van der Waals surface area contributed by atoms with Crippen LogP contribution in [0.1, 0.15) is 24.1 Å². The van der Waals surface area contributed by atoms with Crippen LogP contribution in [-0.2, 0) is 6.54 Å². The summed E-state index contributed by atoms with van der Waals surface area (Å²) >= 11 is 3.32. The first-order valence-electron chi connectivity index (χ1n) is 5.99. The van der Waals surface area contributed by atoms with Crippen LogP contribution in [0.25, 0.3) is 0 Å². The van der Waals surface area contributed by atoms with Gasteiger partial charge in [-0.05, 0) is 42.8 Å². The Morgan fingerprint density at radius 1 is 1.11 bits per heavy atom. The molecular formula is C15H14BrF2N. The molecule has 1 N–H and O–H groups in total. The van der Waals surface area contributed by atoms with Gasteiger partial charge in [-0.3, -0.25) is 0 Å². The third-order valence-corrected chi connectivity index (χ3v) is 3.47. The minimum atomic E-state index is -0.256. The van der Waals surface area contributed by atoms with Crippen molar-refractivity contribution in [1.29, 1.82) is 0 Å². The van der Waals surface area contributed by atoms with E-state index in [4.69, 9.17) is 0 Å². The van der Waals surface area contributed by atoms with E-state index in [9.17, 15) is 8.78 Å². The molecule has 0 aliphatic rings. The van der Waals surface area contributed by atoms with Gasteiger partial charge in [0.1, 0.15) is 11.6 Å². The van der Waals surface area contributed by atoms with Gasteiger partial charge in [0.15, 0.2) is 0 Å². The van der Waals surface area contributed by atoms with Gasteiger partial charge in [-0.15, -0.1) is 0 Å². The van der Waals surface area contributed by atoms with Crippen LogP contribution >= 0.6 is 15.9 Å². The third-order valence-electron chi connectivity index (χ3n) is 2.98. The molecule has 19 heavy (non-hydrogen) atoms. The monoisotopic (exact) mass is 325 g/mol. The molecule has 0 aromatic heterocycles. The first kappa shape index (κ1) is 14.2. The highest BCUT2D eigenvalue weighted by Gasteiger charge is 2.07. The van der Waals surface area contributed by atoms with Crippen LogP contribution in [0.15, 0.2) is 46.9 Å². The minimum absolute atomic E-state index is 0.0268. The van der Waals surface area contributed by atoms with Gasteiger partial charge in [-0.25, -0.2) is 8.78 Å². The molecule has 0 spiro atoms. The zero-order valence-corrected chi connectivity index (χ0v) is 12.0. The maximum Gasteiger partial charge on any atom is 0.127 e. The van der Waals surface area contributed by atoms with Crippen molar-refractivity contribution in [3.05, 3.63) is 69.7 Å². The van der Waals surface area contributed by atoms with E-state index in [2.05, 4.69) is 21.2 Å². The molecule has 0 amide bonds. The summed E-state index contributed by atoms with van der Waals surface area (Å²) in [6, 6.07) is 11.2. The number of nitrogens with one attached hydrogen (secondary N) is 1. The molecule has 0 bridgehead atoms. The predicted molar refractivity (Wildman–Crippen MR) is 75.8 cm³/mol. The first-order chi connectivity index (χ1) is 9.06. The van der Waals surface area contributed by atoms with E-state index < -0.39 is 0 Å². The van der Waals surface area contributed by atoms with Crippen LogP contribution in [0.4, 0.5) is 8.78 Å². The van der Waals surface area contributed by atoms with Crippen molar-refractivity contribution in [1.82, 2.24) is 5.32 Å². The van der Waals surface area contributed by atoms with Crippen molar-refractivity contribution in [2.75, 3.05) is 0 Å². The third kappa shape index (κ3) is 3.85. The Morgan fingerprint density at radius 2 is 1.79 bits per heavy atom. The molecular weight excluding hydrogens is 312 g/mol. The molecule has 4 heteroatoms. The second kappa shape index (κ2) is 6.26. The van der Waals surface area contributed by atoms with Crippen molar-refractivity contribution in [3.8, 4) is 0 Å². The summed E-state index contributed by atoms with van der Waals surface area (Å²) in [5.41, 5.74) is 1.57. The summed E-state index contributed by atoms with van der Waals surface area (Å²) in [4.78, 5) is 0. The Kier molecular flexibility index (Phi) is 4.66. The van der Waals surface area contributed by atoms with Crippen molar-refractivity contribution in [3.63, 3.8) is 0 Å². The average Bonchev–Trinajstić information content (AvgIpc) is 2.40. The van der Waals surface area contributed by atoms with Gasteiger partial charge in [-0.1, -0.05) is 28.1 Å². The van der Waals surface area contributed by atoms with E-state index in [1.165, 1.54) is 18.2 Å². The molecule has 1 nitrogen and oxygen atoms in total. The lowest BCUT2D eigenvalue weighted by Gasteiger charge is -2.14. The summed E-state index contributed by atoms with van der Waals surface area (Å²) in [5.74, 6) is -0.490. The van der Waals surface area contributed by atoms with E-state index in [-0.39, 0.29) is 17.7 Å². The second-order valence-electron chi connectivity index (χ2n) is 4.39. The lowest BCUT2D eigenvalue weighted by atomic mass is 10.1. The van der Waals surface area contributed by atoms with Gasteiger partial charge in [0.25, 0.3) is 0 Å². The summed E-state index contributed by atoms with van der Waals surface area (Å²) < 4.78 is 27.2. The highest BCUT2D eigenvalue weighted by Crippen LogP contribution is 2.18. The zero-order chi connectivity index (χ0) is 13.8. The second-order valence-corrected chi connectivity index (χ2v) is 5.31. The Morgan fingerprint density at radius 3 is 2.47 bits per heavy atom. The molecule has 0 radical (unpaired) electrons. The SMILES string of the molecule is C[C@@H](NCc1cc(Br)ccc1F)c1ccc(F)cc1. The van der Waals surface area contributed by atoms with Crippen molar-refractivity contribution >= 4 is 15.9 Å². The Bertz CT molecular complexity index is 555. The molecule has 0 fully saturated rings. The van der Waals surface area contributed by atoms with E-state index in [1.807, 2.05) is 6.92 Å². The molecule has 100 valence electrons. The van der Waals surface area contributed by atoms with E-state index in [1.54, 1.807) is 24.3 Å². The van der Waals surface area contributed by atoms with Crippen molar-refractivity contribution in [2.24, 2.45) is 0 Å². The fourth-order valence-corrected chi connectivity index (χ4v) is 2.22. The summed E-state index contributed by atoms with van der Waals surface area (Å²) in [7, 11) is 0. The molecule has 0 unspecified atom stereocenters. The van der Waals surface area contributed by atoms with Crippen LogP contribution in [0.3, 0.4) is 0 Å². The van der Waals surface area contributed by atoms with Crippen LogP contribution in [0.5, 0.6) is 0 Å². The van der Waals surface area contributed by atoms with Crippen LogP contribution in [0, 0.1) is 11.6 Å². The minimum Gasteiger partial charge on any atom is -0.306 e. The lowest BCUT2D eigenvalue weighted by Crippen LogP contribution is -2.18. The van der Waals surface area contributed by atoms with Crippen LogP contribution in [0.2, 0.25) is 0 Å². The topological polar surface area (TPSA) is 12.0 Å². The summed E-state index contributed by atoms with van der Waals surface area (Å²) in [6.07, 6.45) is 0. The molecule has 2 aromatic rings. The Hall–Kier alpha value is -1.26. The Balaban J connectivity index is 2.02. The highest BCUT2D eigenvalue weighted by molar-refractivity contribution is 9.10. The van der Waals surface area contributed by atoms with Crippen molar-refractivity contribution < 1.29 is 8.78 Å². The molecule has 0 saturated heterocycles. The number of benzene rings is 2. The average molecular weight is 326 g/mol. The smallest absolute Gasteiger partial charge is 0.127 e. The van der Waals surface area contributed by atoms with Gasteiger partial charge in [0.05, 0.1) is 0 Å². The largest absolute Gasteiger partial charge is 0.306 e. The summed E-state index contributed by atoms with van der Waals surface area (Å²) in [5, 5.41) is 3.22. The summed E-state index contributed by atoms with van der Waals surface area (Å²) in [6.45, 7) is 2.38. The molecule has 2 aromatic carbocycles. The molecule has 1 atom stereocenters. The fraction of sp³-hybridized carbons (Fsp3) is 0.200. The van der Waals surface area contributed by atoms with Gasteiger partial charge in [0.2, 0.25) is 0 Å². The highest BCUT2D eigenvalue weighted by atomic mass is 79.9. The fourth-order valence-electron chi connectivity index (χ4n) is 1.81. The lowest BCUT2D eigenvalue weighted by molar-refractivity contribution is 0.542. The number of hydrogen-bond acceptors (Lipinski definition) is 1. The maximum atomic E-state index is 13.6. The van der Waals surface area contributed by atoms with Gasteiger partial charge >= 0.3 is 0 Å².